The Morgan fingerprint density at radius 2 is 1.79 bits per heavy atom. The second-order valence-corrected chi connectivity index (χ2v) is 6.66. The lowest BCUT2D eigenvalue weighted by Gasteiger charge is -2.31. The Labute approximate surface area is 163 Å². The number of carbonyl (C=O) groups is 1. The zero-order chi connectivity index (χ0) is 19.3. The second-order valence-electron chi connectivity index (χ2n) is 6.66. The van der Waals surface area contributed by atoms with Gasteiger partial charge in [0.2, 0.25) is 5.88 Å². The summed E-state index contributed by atoms with van der Waals surface area (Å²) < 4.78 is 11.1. The summed E-state index contributed by atoms with van der Waals surface area (Å²) in [6.45, 7) is 1.27. The maximum absolute atomic E-state index is 12.5. The molecule has 7 nitrogen and oxygen atoms in total. The van der Waals surface area contributed by atoms with E-state index in [9.17, 15) is 4.79 Å². The van der Waals surface area contributed by atoms with Gasteiger partial charge >= 0.3 is 6.03 Å². The van der Waals surface area contributed by atoms with Crippen molar-refractivity contribution >= 4 is 22.8 Å². The van der Waals surface area contributed by atoms with Crippen LogP contribution in [0.5, 0.6) is 11.6 Å². The van der Waals surface area contributed by atoms with E-state index in [1.165, 1.54) is 0 Å². The summed E-state index contributed by atoms with van der Waals surface area (Å²) in [6, 6.07) is 14.9. The van der Waals surface area contributed by atoms with Crippen molar-refractivity contribution in [2.45, 2.75) is 18.9 Å². The van der Waals surface area contributed by atoms with E-state index >= 15 is 0 Å². The molecular weight excluding hydrogens is 356 g/mol. The van der Waals surface area contributed by atoms with Crippen molar-refractivity contribution in [3.63, 3.8) is 0 Å². The van der Waals surface area contributed by atoms with E-state index in [2.05, 4.69) is 15.3 Å². The molecule has 0 bridgehead atoms. The van der Waals surface area contributed by atoms with Crippen LogP contribution >= 0.6 is 0 Å². The van der Waals surface area contributed by atoms with E-state index in [4.69, 9.17) is 9.47 Å². The highest BCUT2D eigenvalue weighted by atomic mass is 16.5. The van der Waals surface area contributed by atoms with Crippen LogP contribution in [0.25, 0.3) is 11.0 Å². The number of nitrogens with zero attached hydrogens (tertiary/aromatic N) is 3. The lowest BCUT2D eigenvalue weighted by molar-refractivity contribution is 0.111. The number of methoxy groups -OCH3 is 1. The van der Waals surface area contributed by atoms with Crippen molar-refractivity contribution in [2.24, 2.45) is 0 Å². The number of urea groups is 1. The highest BCUT2D eigenvalue weighted by Gasteiger charge is 2.24. The molecule has 1 aliphatic rings. The van der Waals surface area contributed by atoms with Crippen LogP contribution in [0, 0.1) is 0 Å². The summed E-state index contributed by atoms with van der Waals surface area (Å²) in [5.74, 6) is 1.28. The molecule has 0 radical (unpaired) electrons. The van der Waals surface area contributed by atoms with Gasteiger partial charge in [-0.05, 0) is 36.4 Å². The molecule has 2 aromatic carbocycles. The first kappa shape index (κ1) is 18.0. The first-order valence-electron chi connectivity index (χ1n) is 9.30. The Morgan fingerprint density at radius 1 is 1.07 bits per heavy atom. The Bertz CT molecular complexity index is 953. The highest BCUT2D eigenvalue weighted by molar-refractivity contribution is 5.89. The average molecular weight is 378 g/mol. The minimum Gasteiger partial charge on any atom is -0.497 e. The van der Waals surface area contributed by atoms with Gasteiger partial charge in [0.05, 0.1) is 24.3 Å². The van der Waals surface area contributed by atoms with Gasteiger partial charge in [0, 0.05) is 31.6 Å². The molecule has 28 heavy (non-hydrogen) atoms. The zero-order valence-corrected chi connectivity index (χ0v) is 15.7. The number of anilines is 1. The van der Waals surface area contributed by atoms with E-state index in [0.717, 1.165) is 35.3 Å². The molecule has 0 saturated carbocycles. The van der Waals surface area contributed by atoms with Crippen molar-refractivity contribution in [2.75, 3.05) is 25.5 Å². The number of likely N-dealkylation sites (tertiary alicyclic amines) is 1. The third-order valence-electron chi connectivity index (χ3n) is 4.78. The van der Waals surface area contributed by atoms with Crippen LogP contribution in [-0.4, -0.2) is 47.2 Å². The quantitative estimate of drug-likeness (QED) is 0.749. The highest BCUT2D eigenvalue weighted by Crippen LogP contribution is 2.20. The molecule has 1 aliphatic heterocycles. The van der Waals surface area contributed by atoms with E-state index < -0.39 is 0 Å². The maximum Gasteiger partial charge on any atom is 0.321 e. The van der Waals surface area contributed by atoms with E-state index in [1.54, 1.807) is 18.2 Å². The van der Waals surface area contributed by atoms with Crippen molar-refractivity contribution in [3.05, 3.63) is 54.7 Å². The lowest BCUT2D eigenvalue weighted by atomic mass is 10.1. The van der Waals surface area contributed by atoms with Gasteiger partial charge < -0.3 is 19.7 Å². The third kappa shape index (κ3) is 4.14. The summed E-state index contributed by atoms with van der Waals surface area (Å²) in [6.07, 6.45) is 3.20. The van der Waals surface area contributed by atoms with E-state index in [-0.39, 0.29) is 12.1 Å². The molecule has 0 spiro atoms. The number of piperidine rings is 1. The van der Waals surface area contributed by atoms with Gasteiger partial charge in [0.1, 0.15) is 11.9 Å². The molecule has 1 saturated heterocycles. The van der Waals surface area contributed by atoms with E-state index in [0.29, 0.717) is 19.0 Å². The van der Waals surface area contributed by atoms with Crippen LogP contribution in [0.15, 0.2) is 54.7 Å². The van der Waals surface area contributed by atoms with Crippen LogP contribution in [0.1, 0.15) is 12.8 Å². The predicted molar refractivity (Wildman–Crippen MR) is 107 cm³/mol. The van der Waals surface area contributed by atoms with Crippen molar-refractivity contribution in [1.82, 2.24) is 14.9 Å². The fourth-order valence-corrected chi connectivity index (χ4v) is 3.22. The number of hydrogen-bond acceptors (Lipinski definition) is 5. The minimum absolute atomic E-state index is 0.0282. The maximum atomic E-state index is 12.5. The monoisotopic (exact) mass is 378 g/mol. The molecule has 7 heteroatoms. The van der Waals surface area contributed by atoms with Crippen LogP contribution in [-0.2, 0) is 0 Å². The van der Waals surface area contributed by atoms with Crippen LogP contribution in [0.4, 0.5) is 10.5 Å². The molecule has 0 aliphatic carbocycles. The number of amides is 2. The van der Waals surface area contributed by atoms with E-state index in [1.807, 2.05) is 48.5 Å². The molecule has 1 fully saturated rings. The number of carbonyl (C=O) groups excluding carboxylic acids is 1. The molecule has 4 rings (SSSR count). The summed E-state index contributed by atoms with van der Waals surface area (Å²) >= 11 is 0. The smallest absolute Gasteiger partial charge is 0.321 e. The van der Waals surface area contributed by atoms with Gasteiger partial charge in [0.25, 0.3) is 0 Å². The molecule has 0 atom stereocenters. The number of ether oxygens (including phenoxy) is 2. The molecule has 0 unspecified atom stereocenters. The topological polar surface area (TPSA) is 76.6 Å². The predicted octanol–water partition coefficient (Wildman–Crippen LogP) is 3.71. The van der Waals surface area contributed by atoms with Gasteiger partial charge in [-0.2, -0.15) is 0 Å². The molecule has 1 aromatic heterocycles. The molecule has 144 valence electrons. The fraction of sp³-hybridized carbons (Fsp3) is 0.286. The summed E-state index contributed by atoms with van der Waals surface area (Å²) in [7, 11) is 1.61. The number of fused-ring (bicyclic) bond motifs is 1. The van der Waals surface area contributed by atoms with Crippen LogP contribution in [0.2, 0.25) is 0 Å². The van der Waals surface area contributed by atoms with Crippen LogP contribution in [0.3, 0.4) is 0 Å². The van der Waals surface area contributed by atoms with Crippen molar-refractivity contribution in [1.29, 1.82) is 0 Å². The van der Waals surface area contributed by atoms with Crippen molar-refractivity contribution in [3.8, 4) is 11.6 Å². The number of hydrogen-bond donors (Lipinski definition) is 1. The second kappa shape index (κ2) is 8.12. The Hall–Kier alpha value is -3.35. The van der Waals surface area contributed by atoms with Crippen LogP contribution < -0.4 is 14.8 Å². The normalized spacial score (nSPS) is 14.7. The number of aromatic nitrogens is 2. The summed E-state index contributed by atoms with van der Waals surface area (Å²) in [5, 5.41) is 2.92. The fourth-order valence-electron chi connectivity index (χ4n) is 3.22. The van der Waals surface area contributed by atoms with Gasteiger partial charge in [-0.25, -0.2) is 14.8 Å². The van der Waals surface area contributed by atoms with Gasteiger partial charge in [-0.1, -0.05) is 12.1 Å². The average Bonchev–Trinajstić information content (AvgIpc) is 2.75. The minimum atomic E-state index is -0.103. The number of rotatable bonds is 4. The lowest BCUT2D eigenvalue weighted by Crippen LogP contribution is -2.43. The van der Waals surface area contributed by atoms with Crippen molar-refractivity contribution < 1.29 is 14.3 Å². The largest absolute Gasteiger partial charge is 0.497 e. The number of benzene rings is 2. The van der Waals surface area contributed by atoms with Gasteiger partial charge in [0.15, 0.2) is 0 Å². The zero-order valence-electron chi connectivity index (χ0n) is 15.7. The Kier molecular flexibility index (Phi) is 5.23. The number of para-hydroxylation sites is 2. The summed E-state index contributed by atoms with van der Waals surface area (Å²) in [5.41, 5.74) is 2.41. The molecule has 1 N–H and O–H groups in total. The van der Waals surface area contributed by atoms with Gasteiger partial charge in [-0.15, -0.1) is 0 Å². The van der Waals surface area contributed by atoms with Gasteiger partial charge in [-0.3, -0.25) is 0 Å². The molecular formula is C21H22N4O3. The first-order chi connectivity index (χ1) is 13.7. The SMILES string of the molecule is COc1ccc(NC(=O)N2CCC(Oc3cnc4ccccc4n3)CC2)cc1. The molecule has 2 amide bonds. The standard InChI is InChI=1S/C21H22N4O3/c1-27-16-8-6-15(7-9-16)23-21(26)25-12-10-17(11-13-25)28-20-14-22-18-4-2-3-5-19(18)24-20/h2-9,14,17H,10-13H2,1H3,(H,23,26). The third-order valence-corrected chi connectivity index (χ3v) is 4.78. The summed E-state index contributed by atoms with van der Waals surface area (Å²) in [4.78, 5) is 23.1. The Balaban J connectivity index is 1.30. The molecule has 2 heterocycles. The first-order valence-corrected chi connectivity index (χ1v) is 9.30. The number of nitrogens with one attached hydrogen (secondary N) is 1. The Morgan fingerprint density at radius 3 is 2.50 bits per heavy atom. The molecule has 3 aromatic rings.